The van der Waals surface area contributed by atoms with Gasteiger partial charge >= 0.3 is 5.69 Å². The van der Waals surface area contributed by atoms with Crippen molar-refractivity contribution in [3.05, 3.63) is 88.2 Å². The van der Waals surface area contributed by atoms with E-state index in [0.29, 0.717) is 16.9 Å². The van der Waals surface area contributed by atoms with Crippen LogP contribution in [0.15, 0.2) is 59.8 Å². The molecule has 0 spiro atoms. The van der Waals surface area contributed by atoms with Crippen molar-refractivity contribution in [1.82, 2.24) is 19.1 Å². The summed E-state index contributed by atoms with van der Waals surface area (Å²) in [6, 6.07) is 11.2. The Morgan fingerprint density at radius 2 is 1.81 bits per heavy atom. The highest BCUT2D eigenvalue weighted by atomic mass is 19.1. The lowest BCUT2D eigenvalue weighted by atomic mass is 10.1. The molecular weight excluding hydrogens is 350 g/mol. The van der Waals surface area contributed by atoms with Gasteiger partial charge in [0.15, 0.2) is 5.65 Å². The Morgan fingerprint density at radius 3 is 2.56 bits per heavy atom. The van der Waals surface area contributed by atoms with Crippen molar-refractivity contribution < 1.29 is 8.78 Å². The number of imidazole rings is 1. The number of benzene rings is 2. The number of aryl methyl sites for hydroxylation is 1. The molecule has 0 saturated heterocycles. The van der Waals surface area contributed by atoms with Crippen LogP contribution in [0.3, 0.4) is 0 Å². The molecule has 0 amide bonds. The van der Waals surface area contributed by atoms with Crippen LogP contribution in [-0.2, 0) is 13.0 Å². The molecule has 0 atom stereocenters. The SMILES string of the molecule is CCc1cccc(-n2c(=O)n(Cc3c(F)cccc3F)c3cncnc32)c1. The van der Waals surface area contributed by atoms with Crippen molar-refractivity contribution >= 4 is 11.2 Å². The largest absolute Gasteiger partial charge is 0.335 e. The van der Waals surface area contributed by atoms with Crippen molar-refractivity contribution in [3.63, 3.8) is 0 Å². The number of hydrogen-bond donors (Lipinski definition) is 0. The zero-order valence-corrected chi connectivity index (χ0v) is 14.6. The zero-order chi connectivity index (χ0) is 19.0. The number of aromatic nitrogens is 4. The maximum absolute atomic E-state index is 14.1. The van der Waals surface area contributed by atoms with E-state index in [0.717, 1.165) is 12.0 Å². The van der Waals surface area contributed by atoms with Gasteiger partial charge in [-0.1, -0.05) is 25.1 Å². The van der Waals surface area contributed by atoms with Gasteiger partial charge in [-0.3, -0.25) is 4.57 Å². The smallest absolute Gasteiger partial charge is 0.284 e. The molecule has 27 heavy (non-hydrogen) atoms. The molecule has 0 aliphatic carbocycles. The molecule has 0 saturated carbocycles. The first-order valence-electron chi connectivity index (χ1n) is 8.53. The molecule has 4 rings (SSSR count). The molecular formula is C20H16F2N4O. The lowest BCUT2D eigenvalue weighted by molar-refractivity contribution is 0.543. The quantitative estimate of drug-likeness (QED) is 0.556. The molecule has 0 unspecified atom stereocenters. The Balaban J connectivity index is 1.95. The Kier molecular flexibility index (Phi) is 4.27. The van der Waals surface area contributed by atoms with E-state index in [1.807, 2.05) is 25.1 Å². The maximum Gasteiger partial charge on any atom is 0.335 e. The number of fused-ring (bicyclic) bond motifs is 1. The predicted molar refractivity (Wildman–Crippen MR) is 98.0 cm³/mol. The predicted octanol–water partition coefficient (Wildman–Crippen LogP) is 3.47. The molecule has 4 aromatic rings. The number of nitrogens with zero attached hydrogens (tertiary/aromatic N) is 4. The Morgan fingerprint density at radius 1 is 1.07 bits per heavy atom. The fourth-order valence-corrected chi connectivity index (χ4v) is 3.14. The van der Waals surface area contributed by atoms with E-state index >= 15 is 0 Å². The van der Waals surface area contributed by atoms with Gasteiger partial charge < -0.3 is 0 Å². The van der Waals surface area contributed by atoms with Gasteiger partial charge in [-0.05, 0) is 36.2 Å². The van der Waals surface area contributed by atoms with Crippen molar-refractivity contribution in [2.24, 2.45) is 0 Å². The second-order valence-corrected chi connectivity index (χ2v) is 6.16. The van der Waals surface area contributed by atoms with E-state index in [-0.39, 0.29) is 12.1 Å². The van der Waals surface area contributed by atoms with Gasteiger partial charge in [0.2, 0.25) is 0 Å². The van der Waals surface area contributed by atoms with Crippen LogP contribution in [0.25, 0.3) is 16.9 Å². The minimum Gasteiger partial charge on any atom is -0.284 e. The van der Waals surface area contributed by atoms with Crippen LogP contribution in [-0.4, -0.2) is 19.1 Å². The third kappa shape index (κ3) is 2.91. The summed E-state index contributed by atoms with van der Waals surface area (Å²) in [5, 5.41) is 0. The van der Waals surface area contributed by atoms with Gasteiger partial charge in [-0.25, -0.2) is 28.1 Å². The van der Waals surface area contributed by atoms with Gasteiger partial charge in [0.25, 0.3) is 0 Å². The first kappa shape index (κ1) is 17.1. The number of hydrogen-bond acceptors (Lipinski definition) is 3. The summed E-state index contributed by atoms with van der Waals surface area (Å²) in [5.74, 6) is -1.40. The van der Waals surface area contributed by atoms with E-state index in [2.05, 4.69) is 9.97 Å². The Hall–Kier alpha value is -3.35. The lowest BCUT2D eigenvalue weighted by Gasteiger charge is -2.06. The van der Waals surface area contributed by atoms with Crippen molar-refractivity contribution in [1.29, 1.82) is 0 Å². The molecule has 2 aromatic heterocycles. The van der Waals surface area contributed by atoms with Gasteiger partial charge in [0.05, 0.1) is 18.4 Å². The van der Waals surface area contributed by atoms with Crippen LogP contribution < -0.4 is 5.69 Å². The molecule has 0 aliphatic heterocycles. The first-order valence-corrected chi connectivity index (χ1v) is 8.53. The van der Waals surface area contributed by atoms with Crippen molar-refractivity contribution in [2.75, 3.05) is 0 Å². The lowest BCUT2D eigenvalue weighted by Crippen LogP contribution is -2.24. The first-order chi connectivity index (χ1) is 13.1. The molecule has 2 aromatic carbocycles. The van der Waals surface area contributed by atoms with E-state index < -0.39 is 17.3 Å². The fraction of sp³-hybridized carbons (Fsp3) is 0.150. The van der Waals surface area contributed by atoms with Gasteiger partial charge in [0.1, 0.15) is 23.5 Å². The van der Waals surface area contributed by atoms with E-state index in [9.17, 15) is 13.6 Å². The molecule has 2 heterocycles. The highest BCUT2D eigenvalue weighted by molar-refractivity contribution is 5.72. The Labute approximate surface area is 153 Å². The molecule has 0 fully saturated rings. The van der Waals surface area contributed by atoms with Crippen LogP contribution in [0.4, 0.5) is 8.78 Å². The molecule has 5 nitrogen and oxygen atoms in total. The average Bonchev–Trinajstić information content (AvgIpc) is 2.96. The highest BCUT2D eigenvalue weighted by Crippen LogP contribution is 2.19. The van der Waals surface area contributed by atoms with E-state index in [1.54, 1.807) is 6.07 Å². The third-order valence-electron chi connectivity index (χ3n) is 4.55. The highest BCUT2D eigenvalue weighted by Gasteiger charge is 2.19. The summed E-state index contributed by atoms with van der Waals surface area (Å²) in [5.41, 5.74) is 1.91. The molecule has 0 bridgehead atoms. The fourth-order valence-electron chi connectivity index (χ4n) is 3.14. The summed E-state index contributed by atoms with van der Waals surface area (Å²) in [7, 11) is 0. The molecule has 136 valence electrons. The van der Waals surface area contributed by atoms with Crippen LogP contribution in [0.1, 0.15) is 18.1 Å². The summed E-state index contributed by atoms with van der Waals surface area (Å²) in [6.45, 7) is 1.77. The summed E-state index contributed by atoms with van der Waals surface area (Å²) in [6.07, 6.45) is 3.63. The summed E-state index contributed by atoms with van der Waals surface area (Å²) >= 11 is 0. The topological polar surface area (TPSA) is 52.7 Å². The average molecular weight is 366 g/mol. The van der Waals surface area contributed by atoms with E-state index in [4.69, 9.17) is 0 Å². The van der Waals surface area contributed by atoms with Crippen LogP contribution in [0.2, 0.25) is 0 Å². The second kappa shape index (κ2) is 6.75. The molecule has 0 radical (unpaired) electrons. The number of rotatable bonds is 4. The van der Waals surface area contributed by atoms with Crippen molar-refractivity contribution in [2.45, 2.75) is 19.9 Å². The normalized spacial score (nSPS) is 11.2. The molecule has 0 N–H and O–H groups in total. The van der Waals surface area contributed by atoms with Gasteiger partial charge in [-0.2, -0.15) is 0 Å². The van der Waals surface area contributed by atoms with Crippen LogP contribution >= 0.6 is 0 Å². The third-order valence-corrected chi connectivity index (χ3v) is 4.55. The second-order valence-electron chi connectivity index (χ2n) is 6.16. The summed E-state index contributed by atoms with van der Waals surface area (Å²) < 4.78 is 30.9. The van der Waals surface area contributed by atoms with Crippen LogP contribution in [0.5, 0.6) is 0 Å². The molecule has 0 aliphatic rings. The zero-order valence-electron chi connectivity index (χ0n) is 14.6. The minimum absolute atomic E-state index is 0.176. The van der Waals surface area contributed by atoms with Gasteiger partial charge in [-0.15, -0.1) is 0 Å². The monoisotopic (exact) mass is 366 g/mol. The molecule has 7 heteroatoms. The van der Waals surface area contributed by atoms with E-state index in [1.165, 1.54) is 39.9 Å². The van der Waals surface area contributed by atoms with Crippen molar-refractivity contribution in [3.8, 4) is 5.69 Å². The maximum atomic E-state index is 14.1. The van der Waals surface area contributed by atoms with Gasteiger partial charge in [0, 0.05) is 5.56 Å². The minimum atomic E-state index is -0.701. The summed E-state index contributed by atoms with van der Waals surface area (Å²) in [4.78, 5) is 21.3. The number of halogens is 2. The van der Waals surface area contributed by atoms with Crippen LogP contribution in [0, 0.1) is 11.6 Å². The Bertz CT molecular complexity index is 1180. The standard InChI is InChI=1S/C20H16F2N4O/c1-2-13-5-3-6-14(9-13)26-19-18(10-23-12-24-19)25(20(26)27)11-15-16(21)7-4-8-17(15)22/h3-10,12H,2,11H2,1H3.